The van der Waals surface area contributed by atoms with Gasteiger partial charge in [-0.15, -0.1) is 11.3 Å². The predicted octanol–water partition coefficient (Wildman–Crippen LogP) is 4.09. The van der Waals surface area contributed by atoms with Gasteiger partial charge in [0.25, 0.3) is 5.91 Å². The van der Waals surface area contributed by atoms with Crippen molar-refractivity contribution in [3.8, 4) is 0 Å². The highest BCUT2D eigenvalue weighted by atomic mass is 32.1. The molecule has 1 aromatic heterocycles. The third kappa shape index (κ3) is 4.54. The Kier molecular flexibility index (Phi) is 5.92. The number of benzene rings is 1. The average Bonchev–Trinajstić information content (AvgIpc) is 3.42. The van der Waals surface area contributed by atoms with E-state index in [2.05, 4.69) is 15.5 Å². The number of nitrogens with zero attached hydrogens (tertiary/aromatic N) is 2. The molecule has 6 nitrogen and oxygen atoms in total. The van der Waals surface area contributed by atoms with Crippen LogP contribution in [0.25, 0.3) is 0 Å². The maximum atomic E-state index is 12.8. The number of carbonyl (C=O) groups is 2. The summed E-state index contributed by atoms with van der Waals surface area (Å²) in [5, 5.41) is 7.75. The van der Waals surface area contributed by atoms with Gasteiger partial charge >= 0.3 is 6.03 Å². The molecule has 2 saturated heterocycles. The number of likely N-dealkylation sites (tertiary alicyclic amines) is 2. The second-order valence-corrected chi connectivity index (χ2v) is 8.38. The molecule has 7 heteroatoms. The highest BCUT2D eigenvalue weighted by Gasteiger charge is 2.29. The van der Waals surface area contributed by atoms with Crippen molar-refractivity contribution >= 4 is 34.6 Å². The fourth-order valence-electron chi connectivity index (χ4n) is 4.02. The molecule has 2 fully saturated rings. The Morgan fingerprint density at radius 2 is 1.75 bits per heavy atom. The van der Waals surface area contributed by atoms with Gasteiger partial charge in [0.1, 0.15) is 0 Å². The Hall–Kier alpha value is -2.38. The molecule has 1 atom stereocenters. The molecular formula is C21H26N4O2S. The van der Waals surface area contributed by atoms with Gasteiger partial charge in [-0.2, -0.15) is 0 Å². The van der Waals surface area contributed by atoms with Crippen molar-refractivity contribution in [1.29, 1.82) is 0 Å². The molecular weight excluding hydrogens is 372 g/mol. The summed E-state index contributed by atoms with van der Waals surface area (Å²) in [4.78, 5) is 30.1. The van der Waals surface area contributed by atoms with E-state index in [1.165, 1.54) is 30.6 Å². The van der Waals surface area contributed by atoms with Crippen LogP contribution in [0.3, 0.4) is 0 Å². The Morgan fingerprint density at radius 3 is 2.50 bits per heavy atom. The summed E-state index contributed by atoms with van der Waals surface area (Å²) in [6.07, 6.45) is 4.76. The maximum absolute atomic E-state index is 12.8. The summed E-state index contributed by atoms with van der Waals surface area (Å²) >= 11 is 1.40. The van der Waals surface area contributed by atoms with Gasteiger partial charge in [-0.05, 0) is 68.4 Å². The van der Waals surface area contributed by atoms with E-state index in [-0.39, 0.29) is 11.9 Å². The molecule has 2 aliphatic rings. The fraction of sp³-hybridized carbons (Fsp3) is 0.429. The smallest absolute Gasteiger partial charge is 0.321 e. The van der Waals surface area contributed by atoms with E-state index in [9.17, 15) is 9.59 Å². The molecule has 1 unspecified atom stereocenters. The molecule has 3 amide bonds. The van der Waals surface area contributed by atoms with Crippen molar-refractivity contribution in [1.82, 2.24) is 9.80 Å². The summed E-state index contributed by atoms with van der Waals surface area (Å²) in [7, 11) is 0. The summed E-state index contributed by atoms with van der Waals surface area (Å²) in [5.74, 6) is -0.136. The van der Waals surface area contributed by atoms with Crippen LogP contribution in [0.1, 0.15) is 35.4 Å². The Morgan fingerprint density at radius 1 is 0.964 bits per heavy atom. The van der Waals surface area contributed by atoms with Crippen LogP contribution in [0.5, 0.6) is 0 Å². The van der Waals surface area contributed by atoms with Crippen LogP contribution in [-0.4, -0.2) is 54.0 Å². The van der Waals surface area contributed by atoms with Crippen LogP contribution in [0.2, 0.25) is 0 Å². The lowest BCUT2D eigenvalue weighted by Crippen LogP contribution is -2.50. The van der Waals surface area contributed by atoms with Gasteiger partial charge in [-0.1, -0.05) is 12.1 Å². The first-order valence-corrected chi connectivity index (χ1v) is 10.8. The largest absolute Gasteiger partial charge is 0.323 e. The van der Waals surface area contributed by atoms with Crippen molar-refractivity contribution in [2.75, 3.05) is 36.8 Å². The molecule has 2 aliphatic heterocycles. The zero-order valence-electron chi connectivity index (χ0n) is 15.9. The van der Waals surface area contributed by atoms with Gasteiger partial charge in [-0.25, -0.2) is 4.79 Å². The molecule has 0 spiro atoms. The van der Waals surface area contributed by atoms with E-state index in [4.69, 9.17) is 0 Å². The minimum absolute atomic E-state index is 0.0642. The number of hydrogen-bond donors (Lipinski definition) is 2. The van der Waals surface area contributed by atoms with Crippen molar-refractivity contribution in [2.24, 2.45) is 0 Å². The maximum Gasteiger partial charge on any atom is 0.321 e. The second kappa shape index (κ2) is 8.75. The van der Waals surface area contributed by atoms with Gasteiger partial charge in [-0.3, -0.25) is 9.69 Å². The topological polar surface area (TPSA) is 64.7 Å². The highest BCUT2D eigenvalue weighted by molar-refractivity contribution is 7.12. The van der Waals surface area contributed by atoms with Crippen molar-refractivity contribution in [2.45, 2.75) is 31.7 Å². The monoisotopic (exact) mass is 398 g/mol. The number of urea groups is 1. The van der Waals surface area contributed by atoms with E-state index in [0.717, 1.165) is 32.6 Å². The molecule has 0 radical (unpaired) electrons. The molecule has 0 aliphatic carbocycles. The zero-order chi connectivity index (χ0) is 19.3. The number of anilines is 2. The standard InChI is InChI=1S/C21H26N4O2S/c26-20(19-9-5-13-28-19)22-16-6-3-7-17(14-16)23-21(27)25-12-4-8-18(15-25)24-10-1-2-11-24/h3,5-7,9,13-14,18H,1-2,4,8,10-12,15H2,(H,22,26)(H,23,27). The lowest BCUT2D eigenvalue weighted by Gasteiger charge is -2.37. The van der Waals surface area contributed by atoms with E-state index >= 15 is 0 Å². The Bertz CT molecular complexity index is 818. The average molecular weight is 399 g/mol. The predicted molar refractivity (Wildman–Crippen MR) is 113 cm³/mol. The number of piperidine rings is 1. The summed E-state index contributed by atoms with van der Waals surface area (Å²) in [5.41, 5.74) is 1.36. The molecule has 0 saturated carbocycles. The number of rotatable bonds is 4. The van der Waals surface area contributed by atoms with E-state index < -0.39 is 0 Å². The number of thiophene rings is 1. The minimum atomic E-state index is -0.136. The van der Waals surface area contributed by atoms with Crippen molar-refractivity contribution in [3.63, 3.8) is 0 Å². The van der Waals surface area contributed by atoms with Gasteiger partial charge in [0.15, 0.2) is 0 Å². The number of nitrogens with one attached hydrogen (secondary N) is 2. The van der Waals surface area contributed by atoms with Crippen LogP contribution in [-0.2, 0) is 0 Å². The fourth-order valence-corrected chi connectivity index (χ4v) is 4.64. The molecule has 28 heavy (non-hydrogen) atoms. The molecule has 2 N–H and O–H groups in total. The van der Waals surface area contributed by atoms with Crippen LogP contribution in [0.15, 0.2) is 41.8 Å². The lowest BCUT2D eigenvalue weighted by atomic mass is 10.0. The Balaban J connectivity index is 1.35. The van der Waals surface area contributed by atoms with Gasteiger partial charge < -0.3 is 15.5 Å². The first-order valence-electron chi connectivity index (χ1n) is 9.94. The number of hydrogen-bond acceptors (Lipinski definition) is 4. The molecule has 1 aromatic carbocycles. The summed E-state index contributed by atoms with van der Waals surface area (Å²) < 4.78 is 0. The van der Waals surface area contributed by atoms with Crippen LogP contribution >= 0.6 is 11.3 Å². The zero-order valence-corrected chi connectivity index (χ0v) is 16.7. The minimum Gasteiger partial charge on any atom is -0.323 e. The first kappa shape index (κ1) is 19.0. The number of amides is 3. The molecule has 148 valence electrons. The van der Waals surface area contributed by atoms with E-state index in [1.807, 2.05) is 34.5 Å². The third-order valence-electron chi connectivity index (χ3n) is 5.46. The van der Waals surface area contributed by atoms with Gasteiger partial charge in [0.05, 0.1) is 4.88 Å². The van der Waals surface area contributed by atoms with Crippen molar-refractivity contribution < 1.29 is 9.59 Å². The van der Waals surface area contributed by atoms with Crippen LogP contribution in [0, 0.1) is 0 Å². The van der Waals surface area contributed by atoms with E-state index in [1.54, 1.807) is 12.1 Å². The lowest BCUT2D eigenvalue weighted by molar-refractivity contribution is 0.103. The second-order valence-electron chi connectivity index (χ2n) is 7.43. The third-order valence-corrected chi connectivity index (χ3v) is 6.33. The highest BCUT2D eigenvalue weighted by Crippen LogP contribution is 2.22. The first-order chi connectivity index (χ1) is 13.7. The molecule has 0 bridgehead atoms. The number of carbonyl (C=O) groups excluding carboxylic acids is 2. The molecule has 3 heterocycles. The van der Waals surface area contributed by atoms with Crippen LogP contribution in [0.4, 0.5) is 16.2 Å². The summed E-state index contributed by atoms with van der Waals surface area (Å²) in [6.45, 7) is 3.91. The SMILES string of the molecule is O=C(Nc1cccc(NC(=O)N2CCCC(N3CCCC3)C2)c1)c1cccs1. The van der Waals surface area contributed by atoms with Crippen LogP contribution < -0.4 is 10.6 Å². The normalized spacial score (nSPS) is 20.1. The quantitative estimate of drug-likeness (QED) is 0.815. The Labute approximate surface area is 169 Å². The molecule has 2 aromatic rings. The van der Waals surface area contributed by atoms with Crippen molar-refractivity contribution in [3.05, 3.63) is 46.7 Å². The van der Waals surface area contributed by atoms with E-state index in [0.29, 0.717) is 22.3 Å². The van der Waals surface area contributed by atoms with Gasteiger partial charge in [0.2, 0.25) is 0 Å². The summed E-state index contributed by atoms with van der Waals surface area (Å²) in [6, 6.07) is 11.4. The molecule has 4 rings (SSSR count). The van der Waals surface area contributed by atoms with Gasteiger partial charge in [0, 0.05) is 30.5 Å².